The Morgan fingerprint density at radius 1 is 0.392 bits per heavy atom. The van der Waals surface area contributed by atoms with E-state index in [0.29, 0.717) is 0 Å². The van der Waals surface area contributed by atoms with Crippen molar-refractivity contribution in [3.05, 3.63) is 215 Å². The molecule has 14 aromatic rings. The van der Waals surface area contributed by atoms with E-state index in [1.165, 1.54) is 153 Å². The van der Waals surface area contributed by atoms with Crippen molar-refractivity contribution in [1.29, 1.82) is 0 Å². The molecule has 0 saturated carbocycles. The fourth-order valence-electron chi connectivity index (χ4n) is 13.0. The van der Waals surface area contributed by atoms with E-state index in [9.17, 15) is 4.39 Å². The van der Waals surface area contributed by atoms with E-state index in [0.717, 1.165) is 4.47 Å². The van der Waals surface area contributed by atoms with Crippen LogP contribution in [0.15, 0.2) is 197 Å². The average molecular weight is 1040 g/mol. The van der Waals surface area contributed by atoms with Crippen molar-refractivity contribution >= 4 is 145 Å². The van der Waals surface area contributed by atoms with Crippen LogP contribution < -0.4 is 0 Å². The summed E-state index contributed by atoms with van der Waals surface area (Å²) in [7, 11) is 3.34. The second-order valence-corrected chi connectivity index (χ2v) is 22.0. The predicted molar refractivity (Wildman–Crippen MR) is 324 cm³/mol. The van der Waals surface area contributed by atoms with Gasteiger partial charge in [0.05, 0.1) is 8.52 Å². The van der Waals surface area contributed by atoms with Crippen molar-refractivity contribution in [2.45, 2.75) is 38.5 Å². The third-order valence-electron chi connectivity index (χ3n) is 16.4. The molecule has 3 nitrogen and oxygen atoms in total. The molecule has 12 aromatic carbocycles. The molecule has 0 atom stereocenters. The molecule has 2 aromatic heterocycles. The first kappa shape index (κ1) is 45.1. The Labute approximate surface area is 444 Å². The summed E-state index contributed by atoms with van der Waals surface area (Å²) in [5, 5.41) is 21.2. The van der Waals surface area contributed by atoms with Crippen LogP contribution in [0, 0.1) is 0 Å². The molecule has 16 rings (SSSR count). The third-order valence-corrected chi connectivity index (χ3v) is 16.9. The molecule has 0 aliphatic heterocycles. The fourth-order valence-corrected chi connectivity index (χ4v) is 13.3. The summed E-state index contributed by atoms with van der Waals surface area (Å²) in [6.45, 7) is 9.50. The number of para-hydroxylation sites is 1. The van der Waals surface area contributed by atoms with Gasteiger partial charge in [0, 0.05) is 58.9 Å². The Hall–Kier alpha value is -7.58. The first-order valence-electron chi connectivity index (χ1n) is 25.6. The molecule has 74 heavy (non-hydrogen) atoms. The monoisotopic (exact) mass is 1040 g/mol. The SMILES string of the molecule is CC1(C)c2cc3[nH]c4ccc(Br)cc4c3cc2-c2cc3c4ccccc4c4ccccc4c3cc21.CC1(C)c2cc3[nH]c4ccccc4c3cc2-c2cc3c4ccccc4c4ccccc4c3cc21.[2H]CF.[B]=NS. The number of aromatic amines is 2. The molecule has 7 heteroatoms. The van der Waals surface area contributed by atoms with Crippen molar-refractivity contribution in [3.63, 3.8) is 0 Å². The van der Waals surface area contributed by atoms with E-state index in [1.54, 1.807) is 0 Å². The number of hydrogen-bond donors (Lipinski definition) is 3. The van der Waals surface area contributed by atoms with Crippen LogP contribution in [0.3, 0.4) is 0 Å². The van der Waals surface area contributed by atoms with Gasteiger partial charge in [-0.25, -0.2) is 0 Å². The van der Waals surface area contributed by atoms with Gasteiger partial charge in [-0.3, -0.25) is 4.39 Å². The molecule has 1 radical (unpaired) electrons. The number of rotatable bonds is 0. The number of aromatic nitrogens is 2. The van der Waals surface area contributed by atoms with Gasteiger partial charge >= 0.3 is 24.8 Å². The minimum atomic E-state index is -1.00. The van der Waals surface area contributed by atoms with Gasteiger partial charge in [-0.05, 0) is 182 Å². The van der Waals surface area contributed by atoms with Crippen LogP contribution in [0.25, 0.3) is 131 Å². The number of hydrogen-bond acceptors (Lipinski definition) is 2. The first-order valence-corrected chi connectivity index (χ1v) is 26.1. The molecule has 0 spiro atoms. The topological polar surface area (TPSA) is 43.9 Å². The standard InChI is InChI=1S/C33H22BrN.C33H23N.CH3F.BHNS/c1-33(2)29-16-24-22-10-6-4-8-20(22)19-7-3-5-9-21(19)23(24)14-25(29)26-15-28-27-13-18(34)11-12-31(27)35-32(28)17-30(26)33;1-33(2)29-17-25-22-12-6-4-10-20(22)19-9-3-5-11-21(19)24(25)15-26(29)27-16-28-23-13-7-8-14-31(23)34-32(28)18-30(27)33;1-2;1-2-3/h3-17,35H,1-2H3;3-18,34H,1-2H3;1H3;3H/i;;1D;. The number of benzene rings is 12. The van der Waals surface area contributed by atoms with Gasteiger partial charge < -0.3 is 9.97 Å². The van der Waals surface area contributed by atoms with Crippen molar-refractivity contribution in [2.24, 2.45) is 4.30 Å². The summed E-state index contributed by atoms with van der Waals surface area (Å²) in [6.07, 6.45) is 0. The van der Waals surface area contributed by atoms with Gasteiger partial charge in [-0.1, -0.05) is 159 Å². The number of alkyl halides is 1. The molecule has 2 heterocycles. The molecule has 2 N–H and O–H groups in total. The summed E-state index contributed by atoms with van der Waals surface area (Å²) in [5.74, 6) is 0. The molecule has 2 aliphatic rings. The number of H-pyrrole nitrogens is 2. The van der Waals surface area contributed by atoms with Gasteiger partial charge in [0.25, 0.3) is 0 Å². The molecular formula is C67H49BBrFN3S. The maximum atomic E-state index is 9.96. The van der Waals surface area contributed by atoms with Crippen LogP contribution in [0.5, 0.6) is 0 Å². The number of halogens is 2. The van der Waals surface area contributed by atoms with Gasteiger partial charge in [0.1, 0.15) is 0 Å². The zero-order valence-corrected chi connectivity index (χ0v) is 43.8. The van der Waals surface area contributed by atoms with Crippen LogP contribution in [0.4, 0.5) is 4.39 Å². The Kier molecular flexibility index (Phi) is 10.5. The van der Waals surface area contributed by atoms with Crippen molar-refractivity contribution in [2.75, 3.05) is 7.15 Å². The van der Waals surface area contributed by atoms with Crippen LogP contribution in [0.2, 0.25) is 0 Å². The van der Waals surface area contributed by atoms with Crippen molar-refractivity contribution in [3.8, 4) is 22.3 Å². The number of nitrogens with zero attached hydrogens (tertiary/aromatic N) is 1. The minimum absolute atomic E-state index is 0.0584. The van der Waals surface area contributed by atoms with Crippen LogP contribution in [0.1, 0.15) is 51.3 Å². The second kappa shape index (κ2) is 17.3. The van der Waals surface area contributed by atoms with Crippen LogP contribution in [-0.4, -0.2) is 24.8 Å². The number of fused-ring (bicyclic) bond motifs is 24. The Balaban J connectivity index is 0.000000131. The molecule has 0 saturated heterocycles. The first-order chi connectivity index (χ1) is 36.4. The van der Waals surface area contributed by atoms with Gasteiger partial charge in [0.2, 0.25) is 0 Å². The van der Waals surface area contributed by atoms with E-state index in [-0.39, 0.29) is 10.8 Å². The Morgan fingerprint density at radius 2 is 0.662 bits per heavy atom. The summed E-state index contributed by atoms with van der Waals surface area (Å²) in [6, 6.07) is 70.0. The van der Waals surface area contributed by atoms with Crippen LogP contribution in [-0.2, 0) is 10.8 Å². The van der Waals surface area contributed by atoms with E-state index in [4.69, 9.17) is 1.37 Å². The van der Waals surface area contributed by atoms with E-state index in [2.05, 4.69) is 266 Å². The van der Waals surface area contributed by atoms with Crippen molar-refractivity contribution in [1.82, 2.24) is 9.97 Å². The second-order valence-electron chi connectivity index (χ2n) is 20.8. The number of thiol groups is 1. The molecule has 2 aliphatic carbocycles. The van der Waals surface area contributed by atoms with Crippen molar-refractivity contribution < 1.29 is 5.76 Å². The van der Waals surface area contributed by atoms with Gasteiger partial charge in [-0.2, -0.15) is 0 Å². The molecular weight excluding hydrogens is 989 g/mol. The summed E-state index contributed by atoms with van der Waals surface area (Å²) in [4.78, 5) is 7.31. The van der Waals surface area contributed by atoms with E-state index in [1.807, 2.05) is 0 Å². The van der Waals surface area contributed by atoms with Gasteiger partial charge in [-0.15, -0.1) is 0 Å². The fraction of sp³-hybridized carbons (Fsp3) is 0.104. The molecule has 0 amide bonds. The summed E-state index contributed by atoms with van der Waals surface area (Å²) < 4.78 is 19.3. The molecule has 0 fully saturated rings. The van der Waals surface area contributed by atoms with E-state index >= 15 is 0 Å². The zero-order chi connectivity index (χ0) is 51.5. The zero-order valence-electron chi connectivity index (χ0n) is 42.3. The predicted octanol–water partition coefficient (Wildman–Crippen LogP) is 19.7. The molecule has 355 valence electrons. The maximum absolute atomic E-state index is 9.96. The Bertz CT molecular complexity index is 4730. The summed E-state index contributed by atoms with van der Waals surface area (Å²) >= 11 is 6.86. The summed E-state index contributed by atoms with van der Waals surface area (Å²) in [5.41, 5.74) is 15.8. The average Bonchev–Trinajstić information content (AvgIpc) is 4.29. The third kappa shape index (κ3) is 6.72. The Morgan fingerprint density at radius 3 is 1.05 bits per heavy atom. The van der Waals surface area contributed by atoms with E-state index < -0.39 is 7.15 Å². The normalized spacial score (nSPS) is 13.8. The van der Waals surface area contributed by atoms with Crippen LogP contribution >= 0.6 is 28.7 Å². The van der Waals surface area contributed by atoms with Gasteiger partial charge in [0.15, 0.2) is 0 Å². The molecule has 0 bridgehead atoms. The molecule has 0 unspecified atom stereocenters. The quantitative estimate of drug-likeness (QED) is 0.0770. The number of nitrogens with one attached hydrogen (secondary N) is 2.